The van der Waals surface area contributed by atoms with Crippen molar-refractivity contribution in [3.63, 3.8) is 0 Å². The van der Waals surface area contributed by atoms with Gasteiger partial charge in [0.15, 0.2) is 5.78 Å². The van der Waals surface area contributed by atoms with E-state index in [0.29, 0.717) is 0 Å². The van der Waals surface area contributed by atoms with Crippen molar-refractivity contribution in [2.45, 2.75) is 32.8 Å². The van der Waals surface area contributed by atoms with Crippen LogP contribution in [0.5, 0.6) is 0 Å². The van der Waals surface area contributed by atoms with Gasteiger partial charge in [0.1, 0.15) is 11.9 Å². The highest BCUT2D eigenvalue weighted by atomic mass is 16.4. The summed E-state index contributed by atoms with van der Waals surface area (Å²) >= 11 is 0. The van der Waals surface area contributed by atoms with Crippen molar-refractivity contribution in [1.82, 2.24) is 0 Å². The van der Waals surface area contributed by atoms with E-state index in [4.69, 9.17) is 10.2 Å². The lowest BCUT2D eigenvalue weighted by Gasteiger charge is -2.09. The van der Waals surface area contributed by atoms with Crippen molar-refractivity contribution in [2.75, 3.05) is 0 Å². The van der Waals surface area contributed by atoms with Crippen molar-refractivity contribution < 1.29 is 24.6 Å². The van der Waals surface area contributed by atoms with E-state index < -0.39 is 30.2 Å². The van der Waals surface area contributed by atoms with Crippen LogP contribution in [0.25, 0.3) is 0 Å². The van der Waals surface area contributed by atoms with Crippen LogP contribution in [0.4, 0.5) is 0 Å². The van der Waals surface area contributed by atoms with E-state index in [0.717, 1.165) is 0 Å². The number of carboxylic acids is 1. The molecule has 0 radical (unpaired) electrons. The van der Waals surface area contributed by atoms with Gasteiger partial charge in [-0.25, -0.2) is 0 Å². The molecule has 0 bridgehead atoms. The molecular formula is C9H14O5. The molecule has 14 heavy (non-hydrogen) atoms. The van der Waals surface area contributed by atoms with Crippen molar-refractivity contribution in [3.8, 4) is 0 Å². The summed E-state index contributed by atoms with van der Waals surface area (Å²) in [5, 5.41) is 17.4. The second-order valence-electron chi connectivity index (χ2n) is 3.30. The predicted molar refractivity (Wildman–Crippen MR) is 47.7 cm³/mol. The number of Topliss-reactive ketones (excluding diaryl/α,β-unsaturated/α-hetero) is 2. The number of aliphatic carboxylic acids is 1. The fourth-order valence-corrected chi connectivity index (χ4v) is 0.861. The van der Waals surface area contributed by atoms with Gasteiger partial charge in [0, 0.05) is 12.3 Å². The van der Waals surface area contributed by atoms with E-state index in [1.165, 1.54) is 6.92 Å². The first-order valence-corrected chi connectivity index (χ1v) is 4.27. The summed E-state index contributed by atoms with van der Waals surface area (Å²) in [6.45, 7) is 2.91. The van der Waals surface area contributed by atoms with E-state index >= 15 is 0 Å². The lowest BCUT2D eigenvalue weighted by molar-refractivity contribution is -0.143. The predicted octanol–water partition coefficient (Wildman–Crippen LogP) is 0.00630. The fourth-order valence-electron chi connectivity index (χ4n) is 0.861. The minimum atomic E-state index is -1.51. The highest BCUT2D eigenvalue weighted by Gasteiger charge is 2.21. The summed E-state index contributed by atoms with van der Waals surface area (Å²) in [5.41, 5.74) is 0. The van der Waals surface area contributed by atoms with Crippen LogP contribution in [0.2, 0.25) is 0 Å². The van der Waals surface area contributed by atoms with Crippen molar-refractivity contribution in [3.05, 3.63) is 0 Å². The van der Waals surface area contributed by atoms with Crippen LogP contribution in [0.3, 0.4) is 0 Å². The summed E-state index contributed by atoms with van der Waals surface area (Å²) in [4.78, 5) is 32.1. The molecule has 0 aromatic rings. The lowest BCUT2D eigenvalue weighted by Crippen LogP contribution is -2.26. The number of carboxylic acid groups (broad SMARTS) is 1. The SMILES string of the molecule is CC(=O)[C@H](C)CC(=O)[C@@H](O)CC(=O)O. The van der Waals surface area contributed by atoms with Gasteiger partial charge in [-0.15, -0.1) is 0 Å². The zero-order valence-electron chi connectivity index (χ0n) is 8.19. The standard InChI is InChI=1S/C9H14O5/c1-5(6(2)10)3-7(11)8(12)4-9(13)14/h5,8,12H,3-4H2,1-2H3,(H,13,14)/t5-,8+/m1/s1. The largest absolute Gasteiger partial charge is 0.481 e. The number of aliphatic hydroxyl groups excluding tert-OH is 1. The summed E-state index contributed by atoms with van der Waals surface area (Å²) < 4.78 is 0. The lowest BCUT2D eigenvalue weighted by atomic mass is 9.97. The third-order valence-electron chi connectivity index (χ3n) is 1.94. The van der Waals surface area contributed by atoms with Crippen molar-refractivity contribution >= 4 is 17.5 Å². The van der Waals surface area contributed by atoms with E-state index in [2.05, 4.69) is 0 Å². The Bertz CT molecular complexity index is 246. The topological polar surface area (TPSA) is 91.7 Å². The van der Waals surface area contributed by atoms with E-state index in [1.54, 1.807) is 6.92 Å². The zero-order valence-corrected chi connectivity index (χ0v) is 8.19. The highest BCUT2D eigenvalue weighted by Crippen LogP contribution is 2.07. The molecule has 0 saturated heterocycles. The van der Waals surface area contributed by atoms with Crippen LogP contribution in [-0.2, 0) is 14.4 Å². The second-order valence-corrected chi connectivity index (χ2v) is 3.30. The molecule has 2 atom stereocenters. The maximum absolute atomic E-state index is 11.1. The molecule has 0 aromatic carbocycles. The van der Waals surface area contributed by atoms with Crippen LogP contribution >= 0.6 is 0 Å². The van der Waals surface area contributed by atoms with E-state index in [-0.39, 0.29) is 12.2 Å². The monoisotopic (exact) mass is 202 g/mol. The normalized spacial score (nSPS) is 14.5. The smallest absolute Gasteiger partial charge is 0.306 e. The van der Waals surface area contributed by atoms with Gasteiger partial charge < -0.3 is 10.2 Å². The Labute approximate surface area is 81.7 Å². The molecule has 0 aliphatic rings. The Kier molecular flexibility index (Phi) is 5.01. The third-order valence-corrected chi connectivity index (χ3v) is 1.94. The van der Waals surface area contributed by atoms with Gasteiger partial charge in [-0.1, -0.05) is 6.92 Å². The Hall–Kier alpha value is -1.23. The van der Waals surface area contributed by atoms with Gasteiger partial charge >= 0.3 is 5.97 Å². The summed E-state index contributed by atoms with van der Waals surface area (Å²) in [6.07, 6.45) is -2.22. The first kappa shape index (κ1) is 12.8. The van der Waals surface area contributed by atoms with Gasteiger partial charge in [-0.2, -0.15) is 0 Å². The fraction of sp³-hybridized carbons (Fsp3) is 0.667. The number of hydrogen-bond acceptors (Lipinski definition) is 4. The maximum Gasteiger partial charge on any atom is 0.306 e. The number of hydrogen-bond donors (Lipinski definition) is 2. The average molecular weight is 202 g/mol. The van der Waals surface area contributed by atoms with Crippen molar-refractivity contribution in [2.24, 2.45) is 5.92 Å². The molecule has 0 fully saturated rings. The Morgan fingerprint density at radius 1 is 1.21 bits per heavy atom. The van der Waals surface area contributed by atoms with E-state index in [1.807, 2.05) is 0 Å². The third kappa shape index (κ3) is 4.71. The minimum Gasteiger partial charge on any atom is -0.481 e. The molecule has 0 saturated carbocycles. The minimum absolute atomic E-state index is 0.107. The van der Waals surface area contributed by atoms with Crippen LogP contribution in [0.15, 0.2) is 0 Å². The Morgan fingerprint density at radius 3 is 2.07 bits per heavy atom. The van der Waals surface area contributed by atoms with Gasteiger partial charge in [0.2, 0.25) is 0 Å². The summed E-state index contributed by atoms with van der Waals surface area (Å²) in [5.74, 6) is -2.46. The second kappa shape index (κ2) is 5.49. The molecule has 0 aliphatic carbocycles. The zero-order chi connectivity index (χ0) is 11.3. The Balaban J connectivity index is 4.07. The van der Waals surface area contributed by atoms with Crippen molar-refractivity contribution in [1.29, 1.82) is 0 Å². The number of rotatable bonds is 6. The number of aliphatic hydroxyl groups is 1. The summed E-state index contributed by atoms with van der Waals surface area (Å²) in [7, 11) is 0. The number of ketones is 2. The Morgan fingerprint density at radius 2 is 1.71 bits per heavy atom. The quantitative estimate of drug-likeness (QED) is 0.632. The number of carbonyl (C=O) groups is 3. The van der Waals surface area contributed by atoms with Crippen LogP contribution in [-0.4, -0.2) is 33.9 Å². The first-order valence-electron chi connectivity index (χ1n) is 4.27. The van der Waals surface area contributed by atoms with Gasteiger partial charge in [-0.3, -0.25) is 14.4 Å². The molecule has 0 rings (SSSR count). The molecule has 80 valence electrons. The van der Waals surface area contributed by atoms with E-state index in [9.17, 15) is 14.4 Å². The molecule has 0 aromatic heterocycles. The molecule has 5 heteroatoms. The van der Waals surface area contributed by atoms with Crippen LogP contribution < -0.4 is 0 Å². The first-order chi connectivity index (χ1) is 6.34. The van der Waals surface area contributed by atoms with Gasteiger partial charge in [0.25, 0.3) is 0 Å². The van der Waals surface area contributed by atoms with Crippen LogP contribution in [0, 0.1) is 5.92 Å². The molecular weight excluding hydrogens is 188 g/mol. The van der Waals surface area contributed by atoms with Crippen LogP contribution in [0.1, 0.15) is 26.7 Å². The van der Waals surface area contributed by atoms with Gasteiger partial charge in [0.05, 0.1) is 6.42 Å². The average Bonchev–Trinajstić information content (AvgIpc) is 2.02. The molecule has 2 N–H and O–H groups in total. The van der Waals surface area contributed by atoms with Gasteiger partial charge in [-0.05, 0) is 6.92 Å². The molecule has 0 heterocycles. The maximum atomic E-state index is 11.1. The molecule has 5 nitrogen and oxygen atoms in total. The molecule has 0 aliphatic heterocycles. The molecule has 0 amide bonds. The molecule has 0 spiro atoms. The highest BCUT2D eigenvalue weighted by molar-refractivity contribution is 5.90. The molecule has 0 unspecified atom stereocenters. The number of carbonyl (C=O) groups excluding carboxylic acids is 2. The summed E-state index contributed by atoms with van der Waals surface area (Å²) in [6, 6.07) is 0.